The predicted octanol–water partition coefficient (Wildman–Crippen LogP) is 6.18. The Kier molecular flexibility index (Phi) is 5.56. The number of nitrogens with one attached hydrogen (secondary N) is 1. The number of Topliss-reactive ketones (excluding diaryl/α,β-unsaturated/α-hetero) is 1. The molecule has 0 saturated carbocycles. The first-order valence-electron chi connectivity index (χ1n) is 12.6. The van der Waals surface area contributed by atoms with Gasteiger partial charge in [0.05, 0.1) is 0 Å². The monoisotopic (exact) mass is 473 g/mol. The summed E-state index contributed by atoms with van der Waals surface area (Å²) in [4.78, 5) is 13.8. The summed E-state index contributed by atoms with van der Waals surface area (Å²) >= 11 is 0. The highest BCUT2D eigenvalue weighted by Crippen LogP contribution is 2.27. The van der Waals surface area contributed by atoms with Gasteiger partial charge in [0.1, 0.15) is 5.82 Å². The zero-order valence-electron chi connectivity index (χ0n) is 20.6. The molecule has 2 nitrogen and oxygen atoms in total. The van der Waals surface area contributed by atoms with Gasteiger partial charge in [0.25, 0.3) is 0 Å². The fourth-order valence-electron chi connectivity index (χ4n) is 5.77. The number of fused-ring (bicyclic) bond motifs is 4. The van der Waals surface area contributed by atoms with Crippen molar-refractivity contribution < 1.29 is 9.18 Å². The number of rotatable bonds is 4. The highest BCUT2D eigenvalue weighted by Gasteiger charge is 2.22. The van der Waals surface area contributed by atoms with Gasteiger partial charge in [-0.2, -0.15) is 0 Å². The Labute approximate surface area is 210 Å². The lowest BCUT2D eigenvalue weighted by molar-refractivity contribution is 0.105. The van der Waals surface area contributed by atoms with Crippen molar-refractivity contribution in [2.24, 2.45) is 0 Å². The number of hydrogen-bond donors (Lipinski definition) is 1. The van der Waals surface area contributed by atoms with Gasteiger partial charge < -0.3 is 5.32 Å². The lowest BCUT2D eigenvalue weighted by Crippen LogP contribution is -2.26. The molecular weight excluding hydrogens is 445 g/mol. The van der Waals surface area contributed by atoms with Gasteiger partial charge in [-0.25, -0.2) is 4.39 Å². The number of benzene rings is 4. The summed E-state index contributed by atoms with van der Waals surface area (Å²) in [5.41, 5.74) is 8.33. The Hall–Kier alpha value is -3.98. The summed E-state index contributed by atoms with van der Waals surface area (Å²) < 4.78 is 14.4. The average Bonchev–Trinajstić information content (AvgIpc) is 2.89. The Morgan fingerprint density at radius 2 is 1.64 bits per heavy atom. The summed E-state index contributed by atoms with van der Waals surface area (Å²) in [5, 5.41) is 7.28. The third kappa shape index (κ3) is 3.76. The van der Waals surface area contributed by atoms with Crippen LogP contribution < -0.4 is 15.8 Å². The van der Waals surface area contributed by atoms with Crippen LogP contribution in [0.15, 0.2) is 72.8 Å². The van der Waals surface area contributed by atoms with E-state index in [2.05, 4.69) is 42.6 Å². The molecule has 0 spiro atoms. The summed E-state index contributed by atoms with van der Waals surface area (Å²) in [6.45, 7) is 4.09. The van der Waals surface area contributed by atoms with Gasteiger partial charge in [0, 0.05) is 27.7 Å². The minimum atomic E-state index is -0.172. The van der Waals surface area contributed by atoms with Gasteiger partial charge in [-0.05, 0) is 108 Å². The van der Waals surface area contributed by atoms with E-state index < -0.39 is 0 Å². The van der Waals surface area contributed by atoms with E-state index in [1.165, 1.54) is 22.8 Å². The second kappa shape index (κ2) is 8.91. The van der Waals surface area contributed by atoms with Gasteiger partial charge >= 0.3 is 0 Å². The van der Waals surface area contributed by atoms with E-state index in [0.29, 0.717) is 11.6 Å². The molecule has 0 atom stereocenters. The molecule has 36 heavy (non-hydrogen) atoms. The maximum atomic E-state index is 14.4. The van der Waals surface area contributed by atoms with Gasteiger partial charge in [0.2, 0.25) is 0 Å². The van der Waals surface area contributed by atoms with Crippen LogP contribution in [-0.2, 0) is 12.8 Å². The molecule has 3 heteroatoms. The number of carbonyl (C=O) groups is 1. The molecule has 0 aromatic heterocycles. The van der Waals surface area contributed by atoms with Crippen LogP contribution in [0, 0.1) is 30.1 Å². The topological polar surface area (TPSA) is 29.1 Å². The number of para-hydroxylation sites is 1. The molecule has 178 valence electrons. The molecule has 0 amide bonds. The van der Waals surface area contributed by atoms with Crippen molar-refractivity contribution in [3.63, 3.8) is 0 Å². The van der Waals surface area contributed by atoms with Crippen LogP contribution >= 0.6 is 0 Å². The fourth-order valence-corrected chi connectivity index (χ4v) is 5.77. The third-order valence-corrected chi connectivity index (χ3v) is 7.63. The van der Waals surface area contributed by atoms with Crippen molar-refractivity contribution in [1.29, 1.82) is 0 Å². The van der Waals surface area contributed by atoms with E-state index >= 15 is 0 Å². The number of aryl methyl sites for hydroxylation is 2. The van der Waals surface area contributed by atoms with Gasteiger partial charge in [-0.15, -0.1) is 0 Å². The maximum Gasteiger partial charge on any atom is 0.189 e. The zero-order valence-corrected chi connectivity index (χ0v) is 20.6. The second-order valence-electron chi connectivity index (χ2n) is 9.86. The highest BCUT2D eigenvalue weighted by atomic mass is 19.1. The molecule has 6 rings (SSSR count). The molecule has 4 aromatic carbocycles. The molecule has 0 fully saturated rings. The molecule has 4 aromatic rings. The molecule has 1 N–H and O–H groups in total. The van der Waals surface area contributed by atoms with Crippen LogP contribution in [0.2, 0.25) is 0 Å². The third-order valence-electron chi connectivity index (χ3n) is 7.63. The summed E-state index contributed by atoms with van der Waals surface area (Å²) in [6.07, 6.45) is 5.38. The standard InChI is InChI=1S/C33H28FNO/c1-20-7-3-4-12-32(20)35-22-13-14-23(21(2)19-22)33(36)30-10-5-8-24-26-17-18-29-25(9-6-11-31(29)34)27(26)15-16-28(24)30/h3-4,6-7,9,11-16,18-19,35H,5,8,10,17H2,1-2H3. The Balaban J connectivity index is 1.43. The van der Waals surface area contributed by atoms with E-state index in [0.717, 1.165) is 63.0 Å². The van der Waals surface area contributed by atoms with Crippen molar-refractivity contribution in [3.8, 4) is 0 Å². The van der Waals surface area contributed by atoms with Crippen LogP contribution in [0.4, 0.5) is 15.8 Å². The van der Waals surface area contributed by atoms with E-state index in [-0.39, 0.29) is 11.6 Å². The van der Waals surface area contributed by atoms with Gasteiger partial charge in [-0.1, -0.05) is 48.5 Å². The molecule has 0 bridgehead atoms. The minimum Gasteiger partial charge on any atom is -0.355 e. The first-order chi connectivity index (χ1) is 17.5. The van der Waals surface area contributed by atoms with Gasteiger partial charge in [0.15, 0.2) is 5.78 Å². The number of halogens is 1. The smallest absolute Gasteiger partial charge is 0.189 e. The van der Waals surface area contributed by atoms with E-state index in [4.69, 9.17) is 0 Å². The summed E-state index contributed by atoms with van der Waals surface area (Å²) in [6, 6.07) is 23.6. The fraction of sp³-hybridized carbons (Fsp3) is 0.182. The van der Waals surface area contributed by atoms with Crippen LogP contribution in [0.25, 0.3) is 11.6 Å². The van der Waals surface area contributed by atoms with E-state index in [1.807, 2.05) is 43.3 Å². The average molecular weight is 474 g/mol. The highest BCUT2D eigenvalue weighted by molar-refractivity contribution is 6.25. The molecule has 0 unspecified atom stereocenters. The predicted molar refractivity (Wildman–Crippen MR) is 144 cm³/mol. The summed E-state index contributed by atoms with van der Waals surface area (Å²) in [7, 11) is 0. The van der Waals surface area contributed by atoms with Gasteiger partial charge in [-0.3, -0.25) is 4.79 Å². The van der Waals surface area contributed by atoms with Crippen LogP contribution in [-0.4, -0.2) is 5.78 Å². The number of hydrogen-bond acceptors (Lipinski definition) is 2. The van der Waals surface area contributed by atoms with Crippen molar-refractivity contribution in [2.75, 3.05) is 5.32 Å². The van der Waals surface area contributed by atoms with Crippen LogP contribution in [0.5, 0.6) is 0 Å². The van der Waals surface area contributed by atoms with Crippen molar-refractivity contribution in [2.45, 2.75) is 39.5 Å². The lowest BCUT2D eigenvalue weighted by Gasteiger charge is -2.21. The molecule has 0 radical (unpaired) electrons. The number of carbonyl (C=O) groups excluding carboxylic acids is 1. The Morgan fingerprint density at radius 3 is 2.47 bits per heavy atom. The SMILES string of the molecule is Cc1ccccc1Nc1ccc(C(=O)C2=c3ccc4c(c3CCC2)CC=c2c(F)cccc2=4)c(C)c1. The second-order valence-corrected chi connectivity index (χ2v) is 9.86. The largest absolute Gasteiger partial charge is 0.355 e. The first-order valence-corrected chi connectivity index (χ1v) is 12.6. The van der Waals surface area contributed by atoms with Crippen molar-refractivity contribution in [3.05, 3.63) is 127 Å². The molecule has 0 saturated heterocycles. The molecular formula is C33H28FNO. The van der Waals surface area contributed by atoms with Crippen LogP contribution in [0.1, 0.15) is 45.5 Å². The number of ketones is 1. The summed E-state index contributed by atoms with van der Waals surface area (Å²) in [5.74, 6) is -0.0591. The number of anilines is 2. The van der Waals surface area contributed by atoms with Crippen molar-refractivity contribution >= 4 is 28.8 Å². The van der Waals surface area contributed by atoms with Crippen molar-refractivity contribution in [1.82, 2.24) is 0 Å². The normalized spacial score (nSPS) is 13.8. The van der Waals surface area contributed by atoms with Crippen LogP contribution in [0.3, 0.4) is 0 Å². The Morgan fingerprint density at radius 1 is 0.806 bits per heavy atom. The minimum absolute atomic E-state index is 0.113. The maximum absolute atomic E-state index is 14.4. The zero-order chi connectivity index (χ0) is 24.8. The van der Waals surface area contributed by atoms with E-state index in [9.17, 15) is 9.18 Å². The quantitative estimate of drug-likeness (QED) is 0.359. The molecule has 0 aliphatic heterocycles. The molecule has 2 aliphatic carbocycles. The Bertz CT molecular complexity index is 1770. The lowest BCUT2D eigenvalue weighted by atomic mass is 9.83. The van der Waals surface area contributed by atoms with E-state index in [1.54, 1.807) is 6.07 Å². The molecule has 2 aliphatic rings. The first kappa shape index (κ1) is 22.5. The molecule has 0 heterocycles.